The van der Waals surface area contributed by atoms with E-state index in [-0.39, 0.29) is 12.5 Å². The molecule has 1 amide bonds. The third kappa shape index (κ3) is 4.70. The van der Waals surface area contributed by atoms with E-state index in [1.54, 1.807) is 24.1 Å². The molecule has 1 heterocycles. The molecule has 3 aromatic rings. The SMILES string of the molecule is Cc1ccc(CCC(=O)N(C)Cc2nc(-c3ccc(Cl)cc3)no2)cc1. The van der Waals surface area contributed by atoms with Gasteiger partial charge in [0.2, 0.25) is 17.6 Å². The molecule has 0 saturated heterocycles. The first-order valence-corrected chi connectivity index (χ1v) is 8.77. The smallest absolute Gasteiger partial charge is 0.246 e. The van der Waals surface area contributed by atoms with Gasteiger partial charge in [-0.15, -0.1) is 0 Å². The summed E-state index contributed by atoms with van der Waals surface area (Å²) in [6.45, 7) is 2.33. The number of benzene rings is 2. The van der Waals surface area contributed by atoms with Gasteiger partial charge in [-0.1, -0.05) is 46.6 Å². The second kappa shape index (κ2) is 8.15. The molecule has 1 aromatic heterocycles. The predicted molar refractivity (Wildman–Crippen MR) is 101 cm³/mol. The van der Waals surface area contributed by atoms with Gasteiger partial charge in [-0.05, 0) is 43.2 Å². The number of hydrogen-bond donors (Lipinski definition) is 0. The average Bonchev–Trinajstić information content (AvgIpc) is 3.10. The molecule has 0 radical (unpaired) electrons. The van der Waals surface area contributed by atoms with Gasteiger partial charge in [-0.25, -0.2) is 0 Å². The van der Waals surface area contributed by atoms with Crippen LogP contribution >= 0.6 is 11.6 Å². The van der Waals surface area contributed by atoms with Crippen LogP contribution in [0, 0.1) is 6.92 Å². The van der Waals surface area contributed by atoms with E-state index in [1.165, 1.54) is 5.56 Å². The molecule has 0 atom stereocenters. The van der Waals surface area contributed by atoms with Crippen molar-refractivity contribution in [3.8, 4) is 11.4 Å². The van der Waals surface area contributed by atoms with Gasteiger partial charge in [0, 0.05) is 24.1 Å². The van der Waals surface area contributed by atoms with Gasteiger partial charge >= 0.3 is 0 Å². The minimum atomic E-state index is 0.0387. The molecule has 0 saturated carbocycles. The van der Waals surface area contributed by atoms with Crippen LogP contribution in [-0.2, 0) is 17.8 Å². The van der Waals surface area contributed by atoms with Crippen molar-refractivity contribution >= 4 is 17.5 Å². The molecule has 0 N–H and O–H groups in total. The van der Waals surface area contributed by atoms with E-state index in [2.05, 4.69) is 34.4 Å². The van der Waals surface area contributed by atoms with Crippen LogP contribution in [0.3, 0.4) is 0 Å². The quantitative estimate of drug-likeness (QED) is 0.650. The van der Waals surface area contributed by atoms with Gasteiger partial charge in [0.1, 0.15) is 0 Å². The molecule has 0 aliphatic rings. The van der Waals surface area contributed by atoms with Crippen molar-refractivity contribution in [2.24, 2.45) is 0 Å². The van der Waals surface area contributed by atoms with Crippen LogP contribution in [0.25, 0.3) is 11.4 Å². The second-order valence-corrected chi connectivity index (χ2v) is 6.69. The Kier molecular flexibility index (Phi) is 5.68. The first kappa shape index (κ1) is 18.1. The van der Waals surface area contributed by atoms with Crippen molar-refractivity contribution in [3.05, 3.63) is 70.6 Å². The fourth-order valence-electron chi connectivity index (χ4n) is 2.52. The number of nitrogens with zero attached hydrogens (tertiary/aromatic N) is 3. The fourth-order valence-corrected chi connectivity index (χ4v) is 2.65. The van der Waals surface area contributed by atoms with Crippen molar-refractivity contribution in [2.45, 2.75) is 26.3 Å². The van der Waals surface area contributed by atoms with E-state index in [9.17, 15) is 4.79 Å². The second-order valence-electron chi connectivity index (χ2n) is 6.25. The van der Waals surface area contributed by atoms with Crippen molar-refractivity contribution in [2.75, 3.05) is 7.05 Å². The van der Waals surface area contributed by atoms with Crippen LogP contribution in [0.1, 0.15) is 23.4 Å². The lowest BCUT2D eigenvalue weighted by atomic mass is 10.1. The third-order valence-electron chi connectivity index (χ3n) is 4.12. The maximum atomic E-state index is 12.3. The molecule has 3 rings (SSSR count). The Balaban J connectivity index is 1.55. The zero-order chi connectivity index (χ0) is 18.5. The largest absolute Gasteiger partial charge is 0.337 e. The monoisotopic (exact) mass is 369 g/mol. The van der Waals surface area contributed by atoms with Crippen LogP contribution in [0.4, 0.5) is 0 Å². The van der Waals surface area contributed by atoms with Gasteiger partial charge in [0.05, 0.1) is 6.54 Å². The Morgan fingerprint density at radius 3 is 2.50 bits per heavy atom. The predicted octanol–water partition coefficient (Wildman–Crippen LogP) is 4.29. The normalized spacial score (nSPS) is 10.7. The minimum Gasteiger partial charge on any atom is -0.337 e. The maximum absolute atomic E-state index is 12.3. The van der Waals surface area contributed by atoms with Crippen molar-refractivity contribution in [3.63, 3.8) is 0 Å². The molecule has 0 aliphatic carbocycles. The highest BCUT2D eigenvalue weighted by Gasteiger charge is 2.14. The number of carbonyl (C=O) groups is 1. The van der Waals surface area contributed by atoms with Crippen molar-refractivity contribution in [1.29, 1.82) is 0 Å². The molecular weight excluding hydrogens is 350 g/mol. The molecule has 6 heteroatoms. The van der Waals surface area contributed by atoms with Crippen molar-refractivity contribution < 1.29 is 9.32 Å². The highest BCUT2D eigenvalue weighted by atomic mass is 35.5. The molecular formula is C20H20ClN3O2. The van der Waals surface area contributed by atoms with E-state index in [0.29, 0.717) is 29.6 Å². The summed E-state index contributed by atoms with van der Waals surface area (Å²) >= 11 is 5.88. The number of aromatic nitrogens is 2. The Morgan fingerprint density at radius 2 is 1.81 bits per heavy atom. The first-order valence-electron chi connectivity index (χ1n) is 8.39. The van der Waals surface area contributed by atoms with Crippen LogP contribution in [-0.4, -0.2) is 28.0 Å². The molecule has 0 bridgehead atoms. The zero-order valence-electron chi connectivity index (χ0n) is 14.8. The lowest BCUT2D eigenvalue weighted by molar-refractivity contribution is -0.130. The number of amides is 1. The third-order valence-corrected chi connectivity index (χ3v) is 4.37. The zero-order valence-corrected chi connectivity index (χ0v) is 15.5. The Labute approximate surface area is 157 Å². The highest BCUT2D eigenvalue weighted by molar-refractivity contribution is 6.30. The number of halogens is 1. The summed E-state index contributed by atoms with van der Waals surface area (Å²) in [5, 5.41) is 4.61. The summed E-state index contributed by atoms with van der Waals surface area (Å²) in [6.07, 6.45) is 1.15. The van der Waals surface area contributed by atoms with Gasteiger partial charge < -0.3 is 9.42 Å². The molecule has 2 aromatic carbocycles. The summed E-state index contributed by atoms with van der Waals surface area (Å²) in [5.41, 5.74) is 3.18. The van der Waals surface area contributed by atoms with Gasteiger partial charge in [-0.3, -0.25) is 4.79 Å². The van der Waals surface area contributed by atoms with E-state index < -0.39 is 0 Å². The summed E-state index contributed by atoms with van der Waals surface area (Å²) < 4.78 is 5.26. The number of aryl methyl sites for hydroxylation is 2. The van der Waals surface area contributed by atoms with Crippen LogP contribution in [0.2, 0.25) is 5.02 Å². The van der Waals surface area contributed by atoms with Crippen LogP contribution in [0.5, 0.6) is 0 Å². The van der Waals surface area contributed by atoms with E-state index in [0.717, 1.165) is 11.1 Å². The maximum Gasteiger partial charge on any atom is 0.246 e. The Bertz CT molecular complexity index is 873. The van der Waals surface area contributed by atoms with Gasteiger partial charge in [0.25, 0.3) is 0 Å². The minimum absolute atomic E-state index is 0.0387. The lowest BCUT2D eigenvalue weighted by Gasteiger charge is -2.14. The average molecular weight is 370 g/mol. The lowest BCUT2D eigenvalue weighted by Crippen LogP contribution is -2.26. The van der Waals surface area contributed by atoms with E-state index in [1.807, 2.05) is 19.1 Å². The van der Waals surface area contributed by atoms with Gasteiger partial charge in [0.15, 0.2) is 0 Å². The molecule has 0 unspecified atom stereocenters. The molecule has 0 fully saturated rings. The van der Waals surface area contributed by atoms with Crippen molar-refractivity contribution in [1.82, 2.24) is 15.0 Å². The number of hydrogen-bond acceptors (Lipinski definition) is 4. The standard InChI is InChI=1S/C20H20ClN3O2/c1-14-3-5-15(6-4-14)7-12-19(25)24(2)13-18-22-20(23-26-18)16-8-10-17(21)11-9-16/h3-6,8-11H,7,12-13H2,1-2H3. The Hall–Kier alpha value is -2.66. The summed E-state index contributed by atoms with van der Waals surface area (Å²) in [5.74, 6) is 0.926. The summed E-state index contributed by atoms with van der Waals surface area (Å²) in [6, 6.07) is 15.4. The highest BCUT2D eigenvalue weighted by Crippen LogP contribution is 2.19. The van der Waals surface area contributed by atoms with Crippen LogP contribution < -0.4 is 0 Å². The summed E-state index contributed by atoms with van der Waals surface area (Å²) in [7, 11) is 1.74. The van der Waals surface area contributed by atoms with Crippen LogP contribution in [0.15, 0.2) is 53.1 Å². The fraction of sp³-hybridized carbons (Fsp3) is 0.250. The molecule has 134 valence electrons. The number of carbonyl (C=O) groups excluding carboxylic acids is 1. The van der Waals surface area contributed by atoms with E-state index >= 15 is 0 Å². The number of rotatable bonds is 6. The topological polar surface area (TPSA) is 59.2 Å². The van der Waals surface area contributed by atoms with E-state index in [4.69, 9.17) is 16.1 Å². The molecule has 0 spiro atoms. The molecule has 0 aliphatic heterocycles. The summed E-state index contributed by atoms with van der Waals surface area (Å²) in [4.78, 5) is 18.3. The van der Waals surface area contributed by atoms with Gasteiger partial charge in [-0.2, -0.15) is 4.98 Å². The first-order chi connectivity index (χ1) is 12.5. The molecule has 26 heavy (non-hydrogen) atoms. The Morgan fingerprint density at radius 1 is 1.12 bits per heavy atom. The molecule has 5 nitrogen and oxygen atoms in total.